The van der Waals surface area contributed by atoms with E-state index >= 15 is 0 Å². The second-order valence-corrected chi connectivity index (χ2v) is 6.64. The average molecular weight is 311 g/mol. The topological polar surface area (TPSA) is 65.1 Å². The number of fused-ring (bicyclic) bond motifs is 2. The number of likely N-dealkylation sites (tertiary alicyclic amines) is 1. The molecule has 2 aliphatic rings. The van der Waals surface area contributed by atoms with Crippen molar-refractivity contribution in [3.8, 4) is 0 Å². The normalized spacial score (nSPS) is 26.5. The van der Waals surface area contributed by atoms with Gasteiger partial charge in [0.1, 0.15) is 17.8 Å². The molecule has 1 saturated carbocycles. The number of hydrogen-bond acceptors (Lipinski definition) is 4. The minimum atomic E-state index is 0.0640. The Balaban J connectivity index is 1.50. The van der Waals surface area contributed by atoms with Gasteiger partial charge in [-0.2, -0.15) is 0 Å². The van der Waals surface area contributed by atoms with Crippen LogP contribution >= 0.6 is 0 Å². The van der Waals surface area contributed by atoms with Crippen molar-refractivity contribution in [3.63, 3.8) is 0 Å². The molecule has 0 spiro atoms. The molecule has 3 atom stereocenters. The molecule has 1 N–H and O–H groups in total. The molecule has 1 aliphatic heterocycles. The number of carbonyl (C=O) groups excluding carboxylic acids is 1. The van der Waals surface area contributed by atoms with Crippen LogP contribution in [-0.2, 0) is 4.79 Å². The molecule has 6 heteroatoms. The lowest BCUT2D eigenvalue weighted by atomic mass is 10.0. The van der Waals surface area contributed by atoms with Crippen LogP contribution < -0.4 is 4.90 Å². The van der Waals surface area contributed by atoms with Crippen LogP contribution in [0.4, 0.5) is 5.82 Å². The van der Waals surface area contributed by atoms with Crippen molar-refractivity contribution in [1.29, 1.82) is 0 Å². The number of rotatable bonds is 3. The number of anilines is 1. The van der Waals surface area contributed by atoms with Crippen molar-refractivity contribution < 1.29 is 4.79 Å². The lowest BCUT2D eigenvalue weighted by Gasteiger charge is -2.27. The van der Waals surface area contributed by atoms with Gasteiger partial charge < -0.3 is 14.8 Å². The SMILES string of the molecule is C=CC(=O)N1C[C@H]2C[C@H](N(C)c3ncnc4[nH]ccc34)C[C@H]2C1. The molecule has 4 rings (SSSR count). The van der Waals surface area contributed by atoms with Gasteiger partial charge in [-0.3, -0.25) is 4.79 Å². The number of hydrogen-bond donors (Lipinski definition) is 1. The summed E-state index contributed by atoms with van der Waals surface area (Å²) >= 11 is 0. The first-order valence-electron chi connectivity index (χ1n) is 8.09. The summed E-state index contributed by atoms with van der Waals surface area (Å²) < 4.78 is 0. The largest absolute Gasteiger partial charge is 0.356 e. The van der Waals surface area contributed by atoms with Crippen LogP contribution in [0.5, 0.6) is 0 Å². The molecule has 0 radical (unpaired) electrons. The van der Waals surface area contributed by atoms with E-state index in [1.54, 1.807) is 6.33 Å². The second-order valence-electron chi connectivity index (χ2n) is 6.64. The lowest BCUT2D eigenvalue weighted by molar-refractivity contribution is -0.125. The van der Waals surface area contributed by atoms with E-state index in [9.17, 15) is 4.79 Å². The van der Waals surface area contributed by atoms with Crippen molar-refractivity contribution in [2.45, 2.75) is 18.9 Å². The Morgan fingerprint density at radius 2 is 2.13 bits per heavy atom. The summed E-state index contributed by atoms with van der Waals surface area (Å²) in [5.41, 5.74) is 0.878. The number of amides is 1. The molecule has 0 aromatic carbocycles. The average Bonchev–Trinajstić information content (AvgIpc) is 3.26. The number of H-pyrrole nitrogens is 1. The molecule has 2 aromatic heterocycles. The van der Waals surface area contributed by atoms with E-state index in [0.717, 1.165) is 42.8 Å². The van der Waals surface area contributed by atoms with Gasteiger partial charge in [0.2, 0.25) is 5.91 Å². The van der Waals surface area contributed by atoms with Crippen molar-refractivity contribution in [1.82, 2.24) is 19.9 Å². The number of aromatic nitrogens is 3. The van der Waals surface area contributed by atoms with E-state index in [0.29, 0.717) is 17.9 Å². The van der Waals surface area contributed by atoms with Crippen molar-refractivity contribution in [2.75, 3.05) is 25.0 Å². The maximum Gasteiger partial charge on any atom is 0.245 e. The molecule has 1 amide bonds. The van der Waals surface area contributed by atoms with Gasteiger partial charge in [0.15, 0.2) is 0 Å². The van der Waals surface area contributed by atoms with E-state index in [1.807, 2.05) is 17.2 Å². The van der Waals surface area contributed by atoms with Crippen LogP contribution in [0.15, 0.2) is 31.2 Å². The summed E-state index contributed by atoms with van der Waals surface area (Å²) in [7, 11) is 2.12. The second kappa shape index (κ2) is 5.37. The fourth-order valence-electron chi connectivity index (χ4n) is 4.21. The maximum absolute atomic E-state index is 11.8. The lowest BCUT2D eigenvalue weighted by Crippen LogP contribution is -2.34. The monoisotopic (exact) mass is 311 g/mol. The third kappa shape index (κ3) is 2.29. The molecule has 2 fully saturated rings. The molecule has 23 heavy (non-hydrogen) atoms. The van der Waals surface area contributed by atoms with Crippen LogP contribution in [0.25, 0.3) is 11.0 Å². The number of aromatic amines is 1. The van der Waals surface area contributed by atoms with Gasteiger partial charge in [-0.1, -0.05) is 6.58 Å². The Labute approximate surface area is 135 Å². The zero-order valence-electron chi connectivity index (χ0n) is 13.3. The third-order valence-corrected chi connectivity index (χ3v) is 5.43. The van der Waals surface area contributed by atoms with E-state index in [1.165, 1.54) is 6.08 Å². The van der Waals surface area contributed by atoms with Gasteiger partial charge in [0, 0.05) is 32.4 Å². The molecule has 1 aliphatic carbocycles. The van der Waals surface area contributed by atoms with Gasteiger partial charge in [0.25, 0.3) is 0 Å². The molecule has 6 nitrogen and oxygen atoms in total. The fraction of sp³-hybridized carbons (Fsp3) is 0.471. The van der Waals surface area contributed by atoms with Crippen LogP contribution in [0, 0.1) is 11.8 Å². The molecule has 2 aromatic rings. The molecule has 0 bridgehead atoms. The molecule has 0 unspecified atom stereocenters. The van der Waals surface area contributed by atoms with Gasteiger partial charge in [-0.05, 0) is 36.8 Å². The maximum atomic E-state index is 11.8. The number of nitrogens with one attached hydrogen (secondary N) is 1. The smallest absolute Gasteiger partial charge is 0.245 e. The highest BCUT2D eigenvalue weighted by atomic mass is 16.2. The van der Waals surface area contributed by atoms with Gasteiger partial charge in [-0.25, -0.2) is 9.97 Å². The summed E-state index contributed by atoms with van der Waals surface area (Å²) in [5.74, 6) is 2.24. The first-order valence-corrected chi connectivity index (χ1v) is 8.09. The van der Waals surface area contributed by atoms with Gasteiger partial charge >= 0.3 is 0 Å². The number of carbonyl (C=O) groups is 1. The predicted molar refractivity (Wildman–Crippen MR) is 89.1 cm³/mol. The molecule has 3 heterocycles. The molecular weight excluding hydrogens is 290 g/mol. The van der Waals surface area contributed by atoms with E-state index in [2.05, 4.69) is 33.5 Å². The fourth-order valence-corrected chi connectivity index (χ4v) is 4.21. The van der Waals surface area contributed by atoms with Crippen LogP contribution in [0.2, 0.25) is 0 Å². The summed E-state index contributed by atoms with van der Waals surface area (Å²) in [6.07, 6.45) is 7.16. The van der Waals surface area contributed by atoms with E-state index in [-0.39, 0.29) is 5.91 Å². The van der Waals surface area contributed by atoms with Crippen LogP contribution in [-0.4, -0.2) is 51.9 Å². The minimum absolute atomic E-state index is 0.0640. The van der Waals surface area contributed by atoms with Crippen LogP contribution in [0.1, 0.15) is 12.8 Å². The third-order valence-electron chi connectivity index (χ3n) is 5.43. The Kier molecular flexibility index (Phi) is 3.32. The molecule has 1 saturated heterocycles. The summed E-state index contributed by atoms with van der Waals surface area (Å²) in [4.78, 5) is 27.9. The highest BCUT2D eigenvalue weighted by Gasteiger charge is 2.43. The minimum Gasteiger partial charge on any atom is -0.356 e. The summed E-state index contributed by atoms with van der Waals surface area (Å²) in [6.45, 7) is 5.32. The highest BCUT2D eigenvalue weighted by Crippen LogP contribution is 2.41. The van der Waals surface area contributed by atoms with Crippen molar-refractivity contribution in [3.05, 3.63) is 31.2 Å². The quantitative estimate of drug-likeness (QED) is 0.878. The predicted octanol–water partition coefficient (Wildman–Crippen LogP) is 1.82. The van der Waals surface area contributed by atoms with Crippen molar-refractivity contribution in [2.24, 2.45) is 11.8 Å². The summed E-state index contributed by atoms with van der Waals surface area (Å²) in [5, 5.41) is 1.07. The zero-order chi connectivity index (χ0) is 16.0. The van der Waals surface area contributed by atoms with Crippen LogP contribution in [0.3, 0.4) is 0 Å². The summed E-state index contributed by atoms with van der Waals surface area (Å²) in [6, 6.07) is 2.50. The molecular formula is C17H21N5O. The van der Waals surface area contributed by atoms with Gasteiger partial charge in [-0.15, -0.1) is 0 Å². The first-order chi connectivity index (χ1) is 11.2. The van der Waals surface area contributed by atoms with E-state index < -0.39 is 0 Å². The molecule has 120 valence electrons. The Morgan fingerprint density at radius 3 is 2.83 bits per heavy atom. The van der Waals surface area contributed by atoms with E-state index in [4.69, 9.17) is 0 Å². The Hall–Kier alpha value is -2.37. The Morgan fingerprint density at radius 1 is 1.39 bits per heavy atom. The highest BCUT2D eigenvalue weighted by molar-refractivity contribution is 5.88. The number of nitrogens with zero attached hydrogens (tertiary/aromatic N) is 4. The zero-order valence-corrected chi connectivity index (χ0v) is 13.3. The van der Waals surface area contributed by atoms with Gasteiger partial charge in [0.05, 0.1) is 5.39 Å². The standard InChI is InChI=1S/C17H21N5O/c1-3-15(23)22-8-11-6-13(7-12(11)9-22)21(2)17-14-4-5-18-16(14)19-10-20-17/h3-5,10-13H,1,6-9H2,2H3,(H,18,19,20)/t11-,12+,13+. The van der Waals surface area contributed by atoms with Crippen molar-refractivity contribution >= 4 is 22.8 Å². The first kappa shape index (κ1) is 14.2. The Bertz CT molecular complexity index is 740.